The smallest absolute Gasteiger partial charge is 0.123 e. The first-order valence-corrected chi connectivity index (χ1v) is 11.0. The number of halogens is 1. The highest BCUT2D eigenvalue weighted by atomic mass is 19.1. The van der Waals surface area contributed by atoms with Crippen LogP contribution in [0.3, 0.4) is 0 Å². The van der Waals surface area contributed by atoms with Crippen LogP contribution in [0.1, 0.15) is 29.2 Å². The number of hydrogen-bond acceptors (Lipinski definition) is 3. The van der Waals surface area contributed by atoms with Crippen molar-refractivity contribution in [1.29, 1.82) is 5.41 Å². The maximum absolute atomic E-state index is 13.2. The average molecular weight is 414 g/mol. The van der Waals surface area contributed by atoms with Crippen LogP contribution >= 0.6 is 0 Å². The van der Waals surface area contributed by atoms with Gasteiger partial charge in [-0.2, -0.15) is 0 Å². The summed E-state index contributed by atoms with van der Waals surface area (Å²) in [5, 5.41) is 11.4. The number of nitrogens with one attached hydrogen (secondary N) is 2. The fraction of sp³-hybridized carbons (Fsp3) is 0.296. The molecule has 3 unspecified atom stereocenters. The summed E-state index contributed by atoms with van der Waals surface area (Å²) >= 11 is 0. The summed E-state index contributed by atoms with van der Waals surface area (Å²) in [5.74, 6) is 1.08. The normalized spacial score (nSPS) is 24.6. The largest absolute Gasteiger partial charge is 0.355 e. The minimum atomic E-state index is -0.251. The summed E-state index contributed by atoms with van der Waals surface area (Å²) in [6.07, 6.45) is 1.42. The molecule has 5 rings (SSSR count). The summed E-state index contributed by atoms with van der Waals surface area (Å²) in [7, 11) is 0. The predicted octanol–water partition coefficient (Wildman–Crippen LogP) is 5.89. The minimum absolute atomic E-state index is 0.186. The lowest BCUT2D eigenvalue weighted by molar-refractivity contribution is 0.273. The van der Waals surface area contributed by atoms with Gasteiger partial charge >= 0.3 is 0 Å². The molecule has 1 aliphatic carbocycles. The number of nitrogens with zero attached hydrogens (tertiary/aromatic N) is 1. The van der Waals surface area contributed by atoms with Gasteiger partial charge in [-0.05, 0) is 71.8 Å². The highest BCUT2D eigenvalue weighted by Crippen LogP contribution is 2.64. The minimum Gasteiger partial charge on any atom is -0.355 e. The van der Waals surface area contributed by atoms with Gasteiger partial charge in [0.05, 0.1) is 0 Å². The zero-order chi connectivity index (χ0) is 21.6. The van der Waals surface area contributed by atoms with Crippen LogP contribution < -0.4 is 5.32 Å². The summed E-state index contributed by atoms with van der Waals surface area (Å²) in [5.41, 5.74) is 6.77. The number of likely N-dealkylation sites (tertiary alicyclic amines) is 1. The summed E-state index contributed by atoms with van der Waals surface area (Å²) < 4.78 is 13.2. The van der Waals surface area contributed by atoms with Gasteiger partial charge in [0.15, 0.2) is 0 Å². The maximum atomic E-state index is 13.2. The number of fused-ring (bicyclic) bond motifs is 1. The number of hydrogen-bond donors (Lipinski definition) is 2. The van der Waals surface area contributed by atoms with E-state index >= 15 is 0 Å². The van der Waals surface area contributed by atoms with Crippen LogP contribution in [0.2, 0.25) is 0 Å². The van der Waals surface area contributed by atoms with E-state index in [9.17, 15) is 4.39 Å². The van der Waals surface area contributed by atoms with E-state index in [-0.39, 0.29) is 11.2 Å². The Balaban J connectivity index is 1.42. The molecule has 0 spiro atoms. The molecule has 2 fully saturated rings. The quantitative estimate of drug-likeness (QED) is 0.494. The van der Waals surface area contributed by atoms with Crippen LogP contribution in [0.5, 0.6) is 0 Å². The molecule has 1 heterocycles. The second kappa shape index (κ2) is 7.61. The third kappa shape index (κ3) is 3.45. The molecule has 158 valence electrons. The van der Waals surface area contributed by atoms with E-state index in [1.54, 1.807) is 12.1 Å². The standard InChI is InChI=1S/C27H28FN3/c1-18-12-26(30-23-10-8-22(28)9-11-23)21(14-29)13-24(18)27-17-31(16-25(27)19(27)2)15-20-6-4-3-5-7-20/h3-14,19,25,29-30H,15-17H2,1-2H3. The first-order valence-electron chi connectivity index (χ1n) is 11.0. The van der Waals surface area contributed by atoms with E-state index in [4.69, 9.17) is 5.41 Å². The Morgan fingerprint density at radius 1 is 1.13 bits per heavy atom. The lowest BCUT2D eigenvalue weighted by Crippen LogP contribution is -2.29. The van der Waals surface area contributed by atoms with Crippen molar-refractivity contribution in [3.05, 3.63) is 94.8 Å². The Hall–Kier alpha value is -2.98. The van der Waals surface area contributed by atoms with Gasteiger partial charge in [0.1, 0.15) is 5.82 Å². The third-order valence-electron chi connectivity index (χ3n) is 7.33. The summed E-state index contributed by atoms with van der Waals surface area (Å²) in [4.78, 5) is 2.58. The topological polar surface area (TPSA) is 39.1 Å². The molecule has 1 saturated carbocycles. The Kier molecular flexibility index (Phi) is 4.90. The fourth-order valence-electron chi connectivity index (χ4n) is 5.66. The molecule has 4 heteroatoms. The molecule has 3 aromatic rings. The Morgan fingerprint density at radius 3 is 2.58 bits per heavy atom. The van der Waals surface area contributed by atoms with Gasteiger partial charge in [0.25, 0.3) is 0 Å². The zero-order valence-electron chi connectivity index (χ0n) is 18.0. The molecule has 3 nitrogen and oxygen atoms in total. The van der Waals surface area contributed by atoms with Crippen LogP contribution in [0.15, 0.2) is 66.7 Å². The Morgan fingerprint density at radius 2 is 1.87 bits per heavy atom. The van der Waals surface area contributed by atoms with Gasteiger partial charge in [-0.3, -0.25) is 4.90 Å². The van der Waals surface area contributed by atoms with Gasteiger partial charge in [0, 0.05) is 48.2 Å². The maximum Gasteiger partial charge on any atom is 0.123 e. The van der Waals surface area contributed by atoms with E-state index in [1.807, 2.05) is 0 Å². The zero-order valence-corrected chi connectivity index (χ0v) is 18.0. The van der Waals surface area contributed by atoms with Crippen LogP contribution in [-0.4, -0.2) is 24.2 Å². The first-order chi connectivity index (χ1) is 15.0. The van der Waals surface area contributed by atoms with Crippen molar-refractivity contribution in [2.45, 2.75) is 25.8 Å². The van der Waals surface area contributed by atoms with E-state index in [0.717, 1.165) is 36.6 Å². The Labute approximate surface area is 183 Å². The molecular weight excluding hydrogens is 385 g/mol. The number of rotatable bonds is 6. The molecule has 0 aromatic heterocycles. The Bertz CT molecular complexity index is 1110. The highest BCUT2D eigenvalue weighted by Gasteiger charge is 2.67. The average Bonchev–Trinajstić information content (AvgIpc) is 3.13. The summed E-state index contributed by atoms with van der Waals surface area (Å²) in [6, 6.07) is 21.4. The molecule has 0 radical (unpaired) electrons. The van der Waals surface area contributed by atoms with Gasteiger partial charge in [-0.1, -0.05) is 37.3 Å². The molecule has 31 heavy (non-hydrogen) atoms. The van der Waals surface area contributed by atoms with Gasteiger partial charge in [-0.15, -0.1) is 0 Å². The molecule has 3 aromatic carbocycles. The van der Waals surface area contributed by atoms with Gasteiger partial charge in [0.2, 0.25) is 0 Å². The van der Waals surface area contributed by atoms with Crippen molar-refractivity contribution in [1.82, 2.24) is 4.90 Å². The van der Waals surface area contributed by atoms with Crippen molar-refractivity contribution >= 4 is 17.6 Å². The summed E-state index contributed by atoms with van der Waals surface area (Å²) in [6.45, 7) is 7.74. The molecule has 2 N–H and O–H groups in total. The molecular formula is C27H28FN3. The van der Waals surface area contributed by atoms with Gasteiger partial charge in [-0.25, -0.2) is 4.39 Å². The molecule has 1 saturated heterocycles. The van der Waals surface area contributed by atoms with Crippen molar-refractivity contribution < 1.29 is 4.39 Å². The van der Waals surface area contributed by atoms with E-state index in [2.05, 4.69) is 66.5 Å². The van der Waals surface area contributed by atoms with Crippen molar-refractivity contribution in [3.8, 4) is 0 Å². The highest BCUT2D eigenvalue weighted by molar-refractivity contribution is 5.88. The van der Waals surface area contributed by atoms with Gasteiger partial charge < -0.3 is 10.7 Å². The molecule has 3 atom stereocenters. The third-order valence-corrected chi connectivity index (χ3v) is 7.33. The SMILES string of the molecule is Cc1cc(Nc2ccc(F)cc2)c(C=N)cc1C12CN(Cc3ccccc3)CC1C2C. The predicted molar refractivity (Wildman–Crippen MR) is 125 cm³/mol. The monoisotopic (exact) mass is 413 g/mol. The molecule has 0 bridgehead atoms. The van der Waals surface area contributed by atoms with Crippen molar-refractivity contribution in [2.24, 2.45) is 11.8 Å². The van der Waals surface area contributed by atoms with Crippen LogP contribution in [-0.2, 0) is 12.0 Å². The van der Waals surface area contributed by atoms with E-state index in [1.165, 1.54) is 35.0 Å². The second-order valence-electron chi connectivity index (χ2n) is 9.12. The lowest BCUT2D eigenvalue weighted by Gasteiger charge is -2.25. The second-order valence-corrected chi connectivity index (χ2v) is 9.12. The number of anilines is 2. The first kappa shape index (κ1) is 20.0. The van der Waals surface area contributed by atoms with Crippen LogP contribution in [0.4, 0.5) is 15.8 Å². The number of benzene rings is 3. The van der Waals surface area contributed by atoms with Crippen LogP contribution in [0, 0.1) is 30.0 Å². The molecule has 0 amide bonds. The molecule has 1 aliphatic heterocycles. The van der Waals surface area contributed by atoms with Crippen molar-refractivity contribution in [2.75, 3.05) is 18.4 Å². The van der Waals surface area contributed by atoms with E-state index in [0.29, 0.717) is 11.8 Å². The van der Waals surface area contributed by atoms with E-state index < -0.39 is 0 Å². The number of piperidine rings is 1. The number of aryl methyl sites for hydroxylation is 1. The van der Waals surface area contributed by atoms with Crippen molar-refractivity contribution in [3.63, 3.8) is 0 Å². The molecule has 2 aliphatic rings. The lowest BCUT2D eigenvalue weighted by atomic mass is 9.87. The van der Waals surface area contributed by atoms with Crippen LogP contribution in [0.25, 0.3) is 0 Å². The fourth-order valence-corrected chi connectivity index (χ4v) is 5.66.